The zero-order chi connectivity index (χ0) is 12.8. The third-order valence-electron chi connectivity index (χ3n) is 4.14. The Balaban J connectivity index is 2.02. The monoisotopic (exact) mass is 261 g/mol. The van der Waals surface area contributed by atoms with Gasteiger partial charge in [-0.3, -0.25) is 4.99 Å². The van der Waals surface area contributed by atoms with Crippen molar-refractivity contribution in [2.45, 2.75) is 31.1 Å². The second-order valence-electron chi connectivity index (χ2n) is 5.21. The molecule has 0 radical (unpaired) electrons. The van der Waals surface area contributed by atoms with Crippen molar-refractivity contribution >= 4 is 23.4 Å². The smallest absolute Gasteiger partial charge is 0.196 e. The molecule has 1 spiro atoms. The van der Waals surface area contributed by atoms with Crippen molar-refractivity contribution in [2.75, 3.05) is 17.2 Å². The van der Waals surface area contributed by atoms with Gasteiger partial charge in [0.1, 0.15) is 0 Å². The van der Waals surface area contributed by atoms with Crippen LogP contribution in [-0.4, -0.2) is 29.0 Å². The van der Waals surface area contributed by atoms with Crippen molar-refractivity contribution in [3.05, 3.63) is 29.8 Å². The number of benzene rings is 1. The minimum absolute atomic E-state index is 0.101. The number of guanidine groups is 1. The zero-order valence-electron chi connectivity index (χ0n) is 10.9. The Labute approximate surface area is 112 Å². The highest BCUT2D eigenvalue weighted by Gasteiger charge is 2.50. The first-order valence-electron chi connectivity index (χ1n) is 6.42. The predicted molar refractivity (Wildman–Crippen MR) is 79.4 cm³/mol. The third-order valence-corrected chi connectivity index (χ3v) is 5.52. The molecule has 2 aliphatic heterocycles. The molecule has 1 fully saturated rings. The highest BCUT2D eigenvalue weighted by molar-refractivity contribution is 8.00. The van der Waals surface area contributed by atoms with Crippen LogP contribution in [0.4, 0.5) is 5.69 Å². The van der Waals surface area contributed by atoms with Crippen molar-refractivity contribution in [2.24, 2.45) is 10.7 Å². The lowest BCUT2D eigenvalue weighted by atomic mass is 9.91. The average molecular weight is 261 g/mol. The van der Waals surface area contributed by atoms with E-state index in [1.165, 1.54) is 17.0 Å². The molecular weight excluding hydrogens is 242 g/mol. The molecule has 3 nitrogen and oxygen atoms in total. The fourth-order valence-corrected chi connectivity index (χ4v) is 4.38. The van der Waals surface area contributed by atoms with E-state index in [9.17, 15) is 0 Å². The number of thioether (sulfide) groups is 1. The summed E-state index contributed by atoms with van der Waals surface area (Å²) in [7, 11) is 0. The van der Waals surface area contributed by atoms with Crippen molar-refractivity contribution in [3.63, 3.8) is 0 Å². The van der Waals surface area contributed by atoms with Gasteiger partial charge in [-0.2, -0.15) is 11.8 Å². The van der Waals surface area contributed by atoms with Gasteiger partial charge in [0.2, 0.25) is 0 Å². The third kappa shape index (κ3) is 1.62. The summed E-state index contributed by atoms with van der Waals surface area (Å²) in [6.07, 6.45) is 1.16. The number of hydrogen-bond acceptors (Lipinski definition) is 4. The highest BCUT2D eigenvalue weighted by atomic mass is 32.2. The first kappa shape index (κ1) is 11.9. The van der Waals surface area contributed by atoms with Crippen LogP contribution in [0.1, 0.15) is 18.9 Å². The number of nitrogens with two attached hydrogens (primary N) is 1. The van der Waals surface area contributed by atoms with E-state index >= 15 is 0 Å². The van der Waals surface area contributed by atoms with Gasteiger partial charge in [-0.25, -0.2) is 0 Å². The van der Waals surface area contributed by atoms with Gasteiger partial charge in [0.25, 0.3) is 0 Å². The molecule has 2 atom stereocenters. The van der Waals surface area contributed by atoms with Gasteiger partial charge < -0.3 is 10.6 Å². The molecule has 3 rings (SSSR count). The van der Waals surface area contributed by atoms with Crippen LogP contribution in [0.15, 0.2) is 29.3 Å². The van der Waals surface area contributed by atoms with Gasteiger partial charge in [0.15, 0.2) is 5.96 Å². The normalized spacial score (nSPS) is 31.1. The molecule has 18 heavy (non-hydrogen) atoms. The van der Waals surface area contributed by atoms with Crippen LogP contribution in [0, 0.1) is 6.92 Å². The van der Waals surface area contributed by atoms with Crippen molar-refractivity contribution < 1.29 is 0 Å². The molecule has 0 aromatic heterocycles. The van der Waals surface area contributed by atoms with Gasteiger partial charge in [-0.1, -0.05) is 24.6 Å². The molecule has 2 N–H and O–H groups in total. The van der Waals surface area contributed by atoms with E-state index in [0.717, 1.165) is 13.0 Å². The minimum Gasteiger partial charge on any atom is -0.369 e. The number of hydrogen-bond donors (Lipinski definition) is 1. The Kier molecular flexibility index (Phi) is 2.77. The Morgan fingerprint density at radius 3 is 2.72 bits per heavy atom. The average Bonchev–Trinajstić information content (AvgIpc) is 2.88. The van der Waals surface area contributed by atoms with Crippen LogP contribution in [0.25, 0.3) is 0 Å². The standard InChI is InChI=1S/C14H19N3S/c1-10-3-5-12(6-4-10)17-13(15)16-9-14(17)7-8-18-11(14)2/h3-6,11H,7-9H2,1-2H3,(H2,15,16). The molecule has 2 aliphatic rings. The van der Waals surface area contributed by atoms with Crippen LogP contribution in [-0.2, 0) is 0 Å². The molecule has 2 heterocycles. The molecule has 0 saturated carbocycles. The molecule has 4 heteroatoms. The summed E-state index contributed by atoms with van der Waals surface area (Å²) in [4.78, 5) is 6.77. The van der Waals surface area contributed by atoms with E-state index in [2.05, 4.69) is 48.0 Å². The molecule has 1 aromatic carbocycles. The van der Waals surface area contributed by atoms with E-state index in [1.54, 1.807) is 0 Å². The van der Waals surface area contributed by atoms with Crippen LogP contribution < -0.4 is 10.6 Å². The summed E-state index contributed by atoms with van der Waals surface area (Å²) in [5.41, 5.74) is 8.68. The van der Waals surface area contributed by atoms with Crippen molar-refractivity contribution in [1.82, 2.24) is 0 Å². The second kappa shape index (κ2) is 4.19. The van der Waals surface area contributed by atoms with Crippen LogP contribution in [0.2, 0.25) is 0 Å². The number of anilines is 1. The Morgan fingerprint density at radius 1 is 1.39 bits per heavy atom. The number of nitrogens with zero attached hydrogens (tertiary/aromatic N) is 2. The lowest BCUT2D eigenvalue weighted by Crippen LogP contribution is -2.55. The second-order valence-corrected chi connectivity index (χ2v) is 6.66. The maximum absolute atomic E-state index is 6.13. The van der Waals surface area contributed by atoms with Gasteiger partial charge >= 0.3 is 0 Å². The molecule has 1 aromatic rings. The summed E-state index contributed by atoms with van der Waals surface area (Å²) in [6, 6.07) is 8.59. The molecule has 1 saturated heterocycles. The molecule has 2 unspecified atom stereocenters. The van der Waals surface area contributed by atoms with Crippen LogP contribution >= 0.6 is 11.8 Å². The fourth-order valence-electron chi connectivity index (χ4n) is 2.94. The van der Waals surface area contributed by atoms with Gasteiger partial charge in [0, 0.05) is 10.9 Å². The van der Waals surface area contributed by atoms with Crippen LogP contribution in [0.3, 0.4) is 0 Å². The quantitative estimate of drug-likeness (QED) is 0.844. The maximum atomic E-state index is 6.13. The maximum Gasteiger partial charge on any atom is 0.196 e. The van der Waals surface area contributed by atoms with E-state index in [0.29, 0.717) is 11.2 Å². The van der Waals surface area contributed by atoms with Gasteiger partial charge in [0.05, 0.1) is 12.1 Å². The minimum atomic E-state index is 0.101. The molecule has 96 valence electrons. The lowest BCUT2D eigenvalue weighted by Gasteiger charge is -2.39. The zero-order valence-corrected chi connectivity index (χ0v) is 11.7. The van der Waals surface area contributed by atoms with Crippen molar-refractivity contribution in [3.8, 4) is 0 Å². The van der Waals surface area contributed by atoms with Gasteiger partial charge in [-0.15, -0.1) is 0 Å². The summed E-state index contributed by atoms with van der Waals surface area (Å²) in [5, 5.41) is 0.573. The summed E-state index contributed by atoms with van der Waals surface area (Å²) < 4.78 is 0. The molecular formula is C14H19N3S. The summed E-state index contributed by atoms with van der Waals surface area (Å²) in [6.45, 7) is 5.24. The van der Waals surface area contributed by atoms with Crippen LogP contribution in [0.5, 0.6) is 0 Å². The topological polar surface area (TPSA) is 41.6 Å². The van der Waals surface area contributed by atoms with Crippen molar-refractivity contribution in [1.29, 1.82) is 0 Å². The first-order valence-corrected chi connectivity index (χ1v) is 7.47. The predicted octanol–water partition coefficient (Wildman–Crippen LogP) is 2.39. The fraction of sp³-hybridized carbons (Fsp3) is 0.500. The molecule has 0 aliphatic carbocycles. The Hall–Kier alpha value is -1.16. The van der Waals surface area contributed by atoms with Gasteiger partial charge in [-0.05, 0) is 31.2 Å². The number of rotatable bonds is 1. The van der Waals surface area contributed by atoms with E-state index in [1.807, 2.05) is 11.8 Å². The molecule has 0 bridgehead atoms. The summed E-state index contributed by atoms with van der Waals surface area (Å²) >= 11 is 2.03. The summed E-state index contributed by atoms with van der Waals surface area (Å²) in [5.74, 6) is 1.87. The van der Waals surface area contributed by atoms with E-state index in [-0.39, 0.29) is 5.54 Å². The first-order chi connectivity index (χ1) is 8.63. The highest BCUT2D eigenvalue weighted by Crippen LogP contribution is 2.44. The van der Waals surface area contributed by atoms with E-state index in [4.69, 9.17) is 5.73 Å². The molecule has 0 amide bonds. The number of aliphatic imine (C=N–C) groups is 1. The number of aryl methyl sites for hydroxylation is 1. The lowest BCUT2D eigenvalue weighted by molar-refractivity contribution is 0.460. The van der Waals surface area contributed by atoms with E-state index < -0.39 is 0 Å². The Morgan fingerprint density at radius 2 is 2.11 bits per heavy atom. The largest absolute Gasteiger partial charge is 0.369 e. The Bertz CT molecular complexity index is 482. The SMILES string of the molecule is Cc1ccc(N2C(N)=NCC23CCSC3C)cc1.